The highest BCUT2D eigenvalue weighted by Gasteiger charge is 2.39. The van der Waals surface area contributed by atoms with E-state index >= 15 is 0 Å². The number of imide groups is 1. The van der Waals surface area contributed by atoms with Crippen LogP contribution in [-0.2, 0) is 32.7 Å². The highest BCUT2D eigenvalue weighted by atomic mass is 32.2. The van der Waals surface area contributed by atoms with Crippen LogP contribution in [-0.4, -0.2) is 87.2 Å². The van der Waals surface area contributed by atoms with Crippen molar-refractivity contribution in [3.05, 3.63) is 94.6 Å². The summed E-state index contributed by atoms with van der Waals surface area (Å²) in [5.74, 6) is -4.36. The third kappa shape index (κ3) is 6.84. The van der Waals surface area contributed by atoms with Gasteiger partial charge in [0.2, 0.25) is 33.7 Å². The Bertz CT molecular complexity index is 2120. The summed E-state index contributed by atoms with van der Waals surface area (Å²) in [5.41, 5.74) is 8.51. The molecule has 0 saturated carbocycles. The second-order valence-electron chi connectivity index (χ2n) is 12.5. The summed E-state index contributed by atoms with van der Waals surface area (Å²) < 4.78 is 57.2. The van der Waals surface area contributed by atoms with E-state index in [1.807, 2.05) is 17.0 Å². The van der Waals surface area contributed by atoms with Gasteiger partial charge in [-0.25, -0.2) is 17.2 Å². The molecule has 4 N–H and O–H groups in total. The van der Waals surface area contributed by atoms with Crippen molar-refractivity contribution in [1.29, 1.82) is 0 Å². The molecule has 2 amide bonds. The molecule has 0 radical (unpaired) electrons. The molecule has 0 spiro atoms. The fourth-order valence-corrected chi connectivity index (χ4v) is 8.48. The normalized spacial score (nSPS) is 20.3. The fraction of sp³-hybridized carbons (Fsp3) is 0.303. The second kappa shape index (κ2) is 13.8. The number of anilines is 3. The van der Waals surface area contributed by atoms with E-state index in [0.717, 1.165) is 34.9 Å². The Morgan fingerprint density at radius 2 is 1.73 bits per heavy atom. The number of carbonyl (C=O) groups excluding carboxylic acids is 3. The van der Waals surface area contributed by atoms with E-state index in [0.29, 0.717) is 62.5 Å². The van der Waals surface area contributed by atoms with Gasteiger partial charge in [0.25, 0.3) is 5.91 Å². The molecular formula is C33H33F2N9O5S2. The maximum absolute atomic E-state index is 14.1. The first-order valence-corrected chi connectivity index (χ1v) is 18.0. The number of rotatable bonds is 8. The van der Waals surface area contributed by atoms with Gasteiger partial charge in [-0.1, -0.05) is 24.3 Å². The minimum atomic E-state index is -3.80. The van der Waals surface area contributed by atoms with Crippen molar-refractivity contribution >= 4 is 58.0 Å². The van der Waals surface area contributed by atoms with Crippen molar-refractivity contribution < 1.29 is 31.6 Å². The number of aromatic nitrogens is 3. The molecular weight excluding hydrogens is 705 g/mol. The number of hydrogen-bond donors (Lipinski definition) is 4. The van der Waals surface area contributed by atoms with Gasteiger partial charge >= 0.3 is 0 Å². The average Bonchev–Trinajstić information content (AvgIpc) is 3.63. The van der Waals surface area contributed by atoms with Crippen LogP contribution in [0.3, 0.4) is 0 Å². The maximum Gasteiger partial charge on any atom is 0.287 e. The molecule has 2 atom stereocenters. The summed E-state index contributed by atoms with van der Waals surface area (Å²) in [7, 11) is -3.80. The molecule has 0 bridgehead atoms. The van der Waals surface area contributed by atoms with Gasteiger partial charge in [0.1, 0.15) is 17.2 Å². The molecule has 2 fully saturated rings. The molecule has 2 unspecified atom stereocenters. The van der Waals surface area contributed by atoms with Crippen LogP contribution in [0.25, 0.3) is 0 Å². The van der Waals surface area contributed by atoms with E-state index in [9.17, 15) is 31.6 Å². The molecule has 14 nitrogen and oxygen atoms in total. The van der Waals surface area contributed by atoms with E-state index in [1.165, 1.54) is 28.6 Å². The highest BCUT2D eigenvalue weighted by Crippen LogP contribution is 2.40. The summed E-state index contributed by atoms with van der Waals surface area (Å²) in [6, 6.07) is 14.6. The van der Waals surface area contributed by atoms with E-state index in [-0.39, 0.29) is 28.0 Å². The van der Waals surface area contributed by atoms with Crippen LogP contribution in [0.1, 0.15) is 45.3 Å². The number of piperazine rings is 1. The maximum atomic E-state index is 14.1. The Balaban J connectivity index is 0.944. The second-order valence-corrected chi connectivity index (χ2v) is 14.9. The molecule has 51 heavy (non-hydrogen) atoms. The number of carbonyl (C=O) groups is 3. The highest BCUT2D eigenvalue weighted by molar-refractivity contribution is 7.89. The molecule has 18 heteroatoms. The van der Waals surface area contributed by atoms with Crippen molar-refractivity contribution in [2.45, 2.75) is 42.2 Å². The Hall–Kier alpha value is -4.75. The molecule has 4 heterocycles. The van der Waals surface area contributed by atoms with E-state index in [1.54, 1.807) is 0 Å². The first-order valence-electron chi connectivity index (χ1n) is 16.1. The number of amides is 2. The quantitative estimate of drug-likeness (QED) is 0.155. The number of nitrogens with zero attached hydrogens (tertiary/aromatic N) is 6. The lowest BCUT2D eigenvalue weighted by Gasteiger charge is -2.34. The van der Waals surface area contributed by atoms with Gasteiger partial charge in [0.15, 0.2) is 0 Å². The van der Waals surface area contributed by atoms with Crippen molar-refractivity contribution in [1.82, 2.24) is 34.2 Å². The lowest BCUT2D eigenvalue weighted by Crippen LogP contribution is -2.51. The number of nitrogens with two attached hydrogens (primary N) is 1. The third-order valence-corrected chi connectivity index (χ3v) is 11.7. The van der Waals surface area contributed by atoms with Crippen LogP contribution < -0.4 is 16.4 Å². The number of fused-ring (bicyclic) bond motifs is 1. The lowest BCUT2D eigenvalue weighted by atomic mass is 10.0. The van der Waals surface area contributed by atoms with Crippen LogP contribution in [0.2, 0.25) is 0 Å². The number of sulfonamides is 1. The monoisotopic (exact) mass is 737 g/mol. The molecule has 7 rings (SSSR count). The number of nitrogen functional groups attached to an aromatic ring is 1. The summed E-state index contributed by atoms with van der Waals surface area (Å²) in [5, 5.41) is 8.87. The van der Waals surface area contributed by atoms with Crippen LogP contribution in [0.15, 0.2) is 65.6 Å². The number of nitrogens with one attached hydrogen (secondary N) is 2. The third-order valence-electron chi connectivity index (χ3n) is 9.25. The van der Waals surface area contributed by atoms with Crippen LogP contribution >= 0.6 is 12.6 Å². The van der Waals surface area contributed by atoms with Gasteiger partial charge in [-0.15, -0.1) is 5.10 Å². The zero-order valence-corrected chi connectivity index (χ0v) is 28.7. The SMILES string of the molecule is Nc1nc(Nc2ccc(S(=O)(=O)N3CCN(Cc4ccc5c(c4)C(S)N(C4CCC(=O)NC4=O)C5)CC3)cc2)nn1C(=O)c1c(F)cccc1F. The molecule has 266 valence electrons. The Morgan fingerprint density at radius 1 is 1.02 bits per heavy atom. The fourth-order valence-electron chi connectivity index (χ4n) is 6.58. The van der Waals surface area contributed by atoms with Crippen molar-refractivity contribution in [3.63, 3.8) is 0 Å². The number of halogens is 2. The standard InChI is InChI=1S/C33H33F2N9O5S2/c34-24-2-1-3-25(35)28(24)30(47)44-32(36)39-33(40-44)37-21-6-8-22(9-7-21)51(48,49)42-14-12-41(13-15-42)17-19-4-5-20-18-43(31(50)23(20)16-19)26-10-11-27(45)38-29(26)46/h1-9,16,26,31,50H,10-15,17-18H2,(H,38,45,46)(H3,36,37,39,40). The summed E-state index contributed by atoms with van der Waals surface area (Å²) >= 11 is 4.82. The molecule has 4 aromatic rings. The van der Waals surface area contributed by atoms with Crippen LogP contribution in [0.4, 0.5) is 26.4 Å². The minimum Gasteiger partial charge on any atom is -0.368 e. The molecule has 2 saturated heterocycles. The van der Waals surface area contributed by atoms with E-state index in [2.05, 4.69) is 31.7 Å². The zero-order chi connectivity index (χ0) is 36.0. The Labute approximate surface area is 297 Å². The summed E-state index contributed by atoms with van der Waals surface area (Å²) in [6.07, 6.45) is 0.762. The summed E-state index contributed by atoms with van der Waals surface area (Å²) in [4.78, 5) is 45.0. The van der Waals surface area contributed by atoms with Gasteiger partial charge < -0.3 is 11.1 Å². The van der Waals surface area contributed by atoms with Crippen molar-refractivity contribution in [3.8, 4) is 0 Å². The predicted molar refractivity (Wildman–Crippen MR) is 184 cm³/mol. The Kier molecular flexibility index (Phi) is 9.36. The smallest absolute Gasteiger partial charge is 0.287 e. The zero-order valence-electron chi connectivity index (χ0n) is 27.0. The Morgan fingerprint density at radius 3 is 2.41 bits per heavy atom. The number of thiol groups is 1. The number of hydrogen-bond acceptors (Lipinski definition) is 12. The van der Waals surface area contributed by atoms with E-state index < -0.39 is 45.1 Å². The van der Waals surface area contributed by atoms with Gasteiger partial charge in [-0.3, -0.25) is 29.5 Å². The average molecular weight is 738 g/mol. The van der Waals surface area contributed by atoms with Crippen LogP contribution in [0.5, 0.6) is 0 Å². The van der Waals surface area contributed by atoms with Crippen molar-refractivity contribution in [2.24, 2.45) is 0 Å². The first-order chi connectivity index (χ1) is 24.4. The topological polar surface area (TPSA) is 176 Å². The molecule has 3 aliphatic heterocycles. The van der Waals surface area contributed by atoms with E-state index in [4.69, 9.17) is 18.4 Å². The first kappa shape index (κ1) is 34.7. The number of benzene rings is 3. The van der Waals surface area contributed by atoms with Gasteiger partial charge in [0, 0.05) is 51.4 Å². The molecule has 0 aliphatic carbocycles. The molecule has 3 aromatic carbocycles. The summed E-state index contributed by atoms with van der Waals surface area (Å²) in [6.45, 7) is 2.82. The molecule has 1 aromatic heterocycles. The predicted octanol–water partition coefficient (Wildman–Crippen LogP) is 2.63. The van der Waals surface area contributed by atoms with Crippen LogP contribution in [0, 0.1) is 11.6 Å². The van der Waals surface area contributed by atoms with Gasteiger partial charge in [-0.2, -0.15) is 26.6 Å². The van der Waals surface area contributed by atoms with Gasteiger partial charge in [0.05, 0.1) is 16.3 Å². The molecule has 3 aliphatic rings. The number of piperidine rings is 1. The van der Waals surface area contributed by atoms with Gasteiger partial charge in [-0.05, 0) is 59.5 Å². The van der Waals surface area contributed by atoms with Crippen molar-refractivity contribution in [2.75, 3.05) is 37.2 Å². The minimum absolute atomic E-state index is 0.0868. The lowest BCUT2D eigenvalue weighted by molar-refractivity contribution is -0.137. The largest absolute Gasteiger partial charge is 0.368 e.